The van der Waals surface area contributed by atoms with Crippen molar-refractivity contribution in [2.45, 2.75) is 25.9 Å². The van der Waals surface area contributed by atoms with Gasteiger partial charge in [0.05, 0.1) is 5.69 Å². The average molecular weight is 282 g/mol. The highest BCUT2D eigenvalue weighted by molar-refractivity contribution is 7.17. The Bertz CT molecular complexity index is 482. The van der Waals surface area contributed by atoms with E-state index in [0.717, 1.165) is 0 Å². The van der Waals surface area contributed by atoms with Gasteiger partial charge in [0.1, 0.15) is 4.88 Å². The number of carbonyl (C=O) groups excluding carboxylic acids is 1. The van der Waals surface area contributed by atoms with Crippen molar-refractivity contribution in [3.8, 4) is 0 Å². The van der Waals surface area contributed by atoms with Gasteiger partial charge in [-0.15, -0.1) is 0 Å². The zero-order valence-corrected chi connectivity index (χ0v) is 10.1. The van der Waals surface area contributed by atoms with Crippen LogP contribution >= 0.6 is 11.3 Å². The van der Waals surface area contributed by atoms with Crippen LogP contribution in [0.4, 0.5) is 18.3 Å². The second-order valence-electron chi connectivity index (χ2n) is 3.65. The number of halogens is 3. The number of anilines is 1. The number of carboxylic acids is 1. The molecule has 0 aliphatic carbocycles. The van der Waals surface area contributed by atoms with Crippen LogP contribution < -0.4 is 5.32 Å². The lowest BCUT2D eigenvalue weighted by Crippen LogP contribution is -2.29. The number of amides is 1. The Morgan fingerprint density at radius 1 is 1.39 bits per heavy atom. The molecule has 1 heterocycles. The molecule has 0 radical (unpaired) electrons. The summed E-state index contributed by atoms with van der Waals surface area (Å²) in [7, 11) is 0. The molecule has 2 N–H and O–H groups in total. The SMILES string of the molecule is CC(C)c1nc(NC(=O)C(F)(F)F)sc1C(=O)O. The van der Waals surface area contributed by atoms with E-state index in [-0.39, 0.29) is 21.6 Å². The number of thiazole rings is 1. The number of aromatic carboxylic acids is 1. The molecule has 0 atom stereocenters. The Kier molecular flexibility index (Phi) is 3.95. The van der Waals surface area contributed by atoms with Crippen molar-refractivity contribution in [3.05, 3.63) is 10.6 Å². The number of carboxylic acid groups (broad SMARTS) is 1. The Balaban J connectivity index is 3.03. The lowest BCUT2D eigenvalue weighted by molar-refractivity contribution is -0.167. The summed E-state index contributed by atoms with van der Waals surface area (Å²) in [6, 6.07) is 0. The second-order valence-corrected chi connectivity index (χ2v) is 4.64. The van der Waals surface area contributed by atoms with Gasteiger partial charge in [0, 0.05) is 0 Å². The van der Waals surface area contributed by atoms with Gasteiger partial charge in [-0.25, -0.2) is 9.78 Å². The van der Waals surface area contributed by atoms with Crippen LogP contribution in [0.15, 0.2) is 0 Å². The van der Waals surface area contributed by atoms with Crippen LogP contribution in [0.2, 0.25) is 0 Å². The van der Waals surface area contributed by atoms with Crippen LogP contribution in [0.1, 0.15) is 35.1 Å². The van der Waals surface area contributed by atoms with E-state index < -0.39 is 18.1 Å². The molecule has 1 aromatic heterocycles. The van der Waals surface area contributed by atoms with Crippen LogP contribution in [0, 0.1) is 0 Å². The normalized spacial score (nSPS) is 11.7. The highest BCUT2D eigenvalue weighted by atomic mass is 32.1. The minimum atomic E-state index is -5.03. The highest BCUT2D eigenvalue weighted by Gasteiger charge is 2.39. The van der Waals surface area contributed by atoms with Gasteiger partial charge < -0.3 is 5.11 Å². The quantitative estimate of drug-likeness (QED) is 0.892. The zero-order valence-electron chi connectivity index (χ0n) is 9.33. The van der Waals surface area contributed by atoms with E-state index in [4.69, 9.17) is 5.11 Å². The smallest absolute Gasteiger partial charge is 0.471 e. The van der Waals surface area contributed by atoms with E-state index in [1.165, 1.54) is 5.32 Å². The topological polar surface area (TPSA) is 79.3 Å². The molecule has 0 aliphatic heterocycles. The fraction of sp³-hybridized carbons (Fsp3) is 0.444. The third-order valence-electron chi connectivity index (χ3n) is 1.87. The maximum absolute atomic E-state index is 12.0. The number of nitrogens with zero attached hydrogens (tertiary/aromatic N) is 1. The molecule has 0 bridgehead atoms. The first kappa shape index (κ1) is 14.4. The summed E-state index contributed by atoms with van der Waals surface area (Å²) in [5, 5.41) is 10.0. The minimum Gasteiger partial charge on any atom is -0.477 e. The molecule has 0 saturated heterocycles. The number of nitrogens with one attached hydrogen (secondary N) is 1. The molecule has 0 fully saturated rings. The van der Waals surface area contributed by atoms with Gasteiger partial charge in [-0.3, -0.25) is 10.1 Å². The summed E-state index contributed by atoms with van der Waals surface area (Å²) in [5.74, 6) is -3.74. The molecule has 9 heteroatoms. The second kappa shape index (κ2) is 4.92. The van der Waals surface area contributed by atoms with Crippen molar-refractivity contribution in [2.75, 3.05) is 5.32 Å². The van der Waals surface area contributed by atoms with Crippen LogP contribution in [-0.2, 0) is 4.79 Å². The third-order valence-corrected chi connectivity index (χ3v) is 2.85. The van der Waals surface area contributed by atoms with Crippen molar-refractivity contribution in [1.82, 2.24) is 4.98 Å². The molecule has 1 amide bonds. The molecule has 0 aromatic carbocycles. The minimum absolute atomic E-state index is 0.143. The van der Waals surface area contributed by atoms with Crippen molar-refractivity contribution >= 4 is 28.3 Å². The molecule has 0 aliphatic rings. The Hall–Kier alpha value is -1.64. The van der Waals surface area contributed by atoms with Crippen molar-refractivity contribution in [2.24, 2.45) is 0 Å². The summed E-state index contributed by atoms with van der Waals surface area (Å²) in [5.41, 5.74) is 0.143. The number of aromatic nitrogens is 1. The summed E-state index contributed by atoms with van der Waals surface area (Å²) in [6.07, 6.45) is -5.03. The first-order valence-electron chi connectivity index (χ1n) is 4.75. The number of carbonyl (C=O) groups is 2. The number of alkyl halides is 3. The number of hydrogen-bond acceptors (Lipinski definition) is 4. The van der Waals surface area contributed by atoms with Crippen LogP contribution in [0.3, 0.4) is 0 Å². The zero-order chi connectivity index (χ0) is 14.1. The van der Waals surface area contributed by atoms with E-state index in [9.17, 15) is 22.8 Å². The number of rotatable bonds is 3. The molecular weight excluding hydrogens is 273 g/mol. The summed E-state index contributed by atoms with van der Waals surface area (Å²) in [6.45, 7) is 3.30. The summed E-state index contributed by atoms with van der Waals surface area (Å²) in [4.78, 5) is 25.0. The molecule has 5 nitrogen and oxygen atoms in total. The van der Waals surface area contributed by atoms with E-state index in [0.29, 0.717) is 11.3 Å². The summed E-state index contributed by atoms with van der Waals surface area (Å²) >= 11 is 0.498. The Labute approximate surface area is 104 Å². The van der Waals surface area contributed by atoms with E-state index in [2.05, 4.69) is 4.98 Å². The fourth-order valence-electron chi connectivity index (χ4n) is 1.10. The maximum atomic E-state index is 12.0. The van der Waals surface area contributed by atoms with Crippen LogP contribution in [0.5, 0.6) is 0 Å². The largest absolute Gasteiger partial charge is 0.477 e. The standard InChI is InChI=1S/C9H9F3N2O3S/c1-3(2)4-5(6(15)16)18-8(13-4)14-7(17)9(10,11)12/h3H,1-2H3,(H,15,16)(H,13,14,17). The van der Waals surface area contributed by atoms with Gasteiger partial charge in [-0.05, 0) is 5.92 Å². The number of hydrogen-bond donors (Lipinski definition) is 2. The molecule has 18 heavy (non-hydrogen) atoms. The van der Waals surface area contributed by atoms with Gasteiger partial charge in [-0.2, -0.15) is 13.2 Å². The van der Waals surface area contributed by atoms with Crippen LogP contribution in [0.25, 0.3) is 0 Å². The predicted molar refractivity (Wildman–Crippen MR) is 57.8 cm³/mol. The first-order valence-corrected chi connectivity index (χ1v) is 5.56. The van der Waals surface area contributed by atoms with Gasteiger partial charge in [0.15, 0.2) is 5.13 Å². The summed E-state index contributed by atoms with van der Waals surface area (Å²) < 4.78 is 36.0. The monoisotopic (exact) mass is 282 g/mol. The van der Waals surface area contributed by atoms with E-state index in [1.54, 1.807) is 13.8 Å². The Morgan fingerprint density at radius 2 is 1.94 bits per heavy atom. The van der Waals surface area contributed by atoms with E-state index >= 15 is 0 Å². The van der Waals surface area contributed by atoms with Gasteiger partial charge in [0.2, 0.25) is 0 Å². The Morgan fingerprint density at radius 3 is 2.28 bits per heavy atom. The first-order chi connectivity index (χ1) is 8.12. The fourth-order valence-corrected chi connectivity index (χ4v) is 2.05. The lowest BCUT2D eigenvalue weighted by atomic mass is 10.1. The molecular formula is C9H9F3N2O3S. The van der Waals surface area contributed by atoms with Gasteiger partial charge in [-0.1, -0.05) is 25.2 Å². The molecule has 1 rings (SSSR count). The molecule has 1 aromatic rings. The maximum Gasteiger partial charge on any atom is 0.471 e. The average Bonchev–Trinajstić information content (AvgIpc) is 2.60. The molecule has 0 spiro atoms. The predicted octanol–water partition coefficient (Wildman–Crippen LogP) is 2.47. The lowest BCUT2D eigenvalue weighted by Gasteiger charge is -2.04. The van der Waals surface area contributed by atoms with Crippen molar-refractivity contribution in [3.63, 3.8) is 0 Å². The molecule has 0 saturated carbocycles. The highest BCUT2D eigenvalue weighted by Crippen LogP contribution is 2.29. The van der Waals surface area contributed by atoms with Gasteiger partial charge >= 0.3 is 18.1 Å². The van der Waals surface area contributed by atoms with Gasteiger partial charge in [0.25, 0.3) is 0 Å². The van der Waals surface area contributed by atoms with E-state index in [1.807, 2.05) is 0 Å². The molecule has 0 unspecified atom stereocenters. The van der Waals surface area contributed by atoms with Crippen molar-refractivity contribution < 1.29 is 27.9 Å². The van der Waals surface area contributed by atoms with Crippen molar-refractivity contribution in [1.29, 1.82) is 0 Å². The third kappa shape index (κ3) is 3.19. The van der Waals surface area contributed by atoms with Crippen LogP contribution in [-0.4, -0.2) is 28.1 Å². The molecule has 100 valence electrons.